The highest BCUT2D eigenvalue weighted by Crippen LogP contribution is 2.35. The predicted molar refractivity (Wildman–Crippen MR) is 91.7 cm³/mol. The quantitative estimate of drug-likeness (QED) is 0.772. The smallest absolute Gasteiger partial charge is 0.143 e. The largest absolute Gasteiger partial charge is 0.388 e. The van der Waals surface area contributed by atoms with Crippen molar-refractivity contribution in [3.8, 4) is 10.6 Å². The van der Waals surface area contributed by atoms with Gasteiger partial charge in [-0.05, 0) is 50.4 Å². The van der Waals surface area contributed by atoms with Crippen LogP contribution in [0.4, 0.5) is 5.82 Å². The summed E-state index contributed by atoms with van der Waals surface area (Å²) in [7, 11) is 0. The second kappa shape index (κ2) is 5.28. The van der Waals surface area contributed by atoms with Crippen molar-refractivity contribution in [3.63, 3.8) is 0 Å². The Labute approximate surface area is 138 Å². The van der Waals surface area contributed by atoms with Crippen molar-refractivity contribution in [2.75, 3.05) is 11.4 Å². The molecule has 0 aliphatic carbocycles. The van der Waals surface area contributed by atoms with Crippen LogP contribution in [0.5, 0.6) is 0 Å². The van der Waals surface area contributed by atoms with E-state index in [0.29, 0.717) is 0 Å². The molecule has 1 aliphatic heterocycles. The van der Waals surface area contributed by atoms with Gasteiger partial charge in [-0.3, -0.25) is 0 Å². The molecule has 0 saturated carbocycles. The highest BCUT2D eigenvalue weighted by Gasteiger charge is 2.37. The third kappa shape index (κ3) is 2.49. The zero-order chi connectivity index (χ0) is 16.0. The maximum atomic E-state index is 10.5. The Kier molecular flexibility index (Phi) is 3.35. The van der Waals surface area contributed by atoms with Crippen molar-refractivity contribution in [2.45, 2.75) is 38.3 Å². The molecule has 0 aromatic carbocycles. The van der Waals surface area contributed by atoms with Crippen LogP contribution in [0.25, 0.3) is 21.6 Å². The van der Waals surface area contributed by atoms with E-state index in [1.807, 2.05) is 19.9 Å². The van der Waals surface area contributed by atoms with Crippen molar-refractivity contribution in [1.29, 1.82) is 0 Å². The minimum atomic E-state index is -0.759. The standard InChI is InChI=1S/C16H19N5OS/c1-16(2,22)13-4-3-7-21(13)15-10-8-11(12-5-6-19-23-12)20-14(10)17-9-18-15/h5-6,8-9,13,22H,3-4,7H2,1-2H3,(H,17,18,20). The topological polar surface area (TPSA) is 77.9 Å². The molecule has 2 N–H and O–H groups in total. The maximum absolute atomic E-state index is 10.5. The first-order chi connectivity index (χ1) is 11.0. The van der Waals surface area contributed by atoms with Gasteiger partial charge in [0.2, 0.25) is 0 Å². The zero-order valence-corrected chi connectivity index (χ0v) is 14.0. The number of H-pyrrole nitrogens is 1. The summed E-state index contributed by atoms with van der Waals surface area (Å²) in [6, 6.07) is 4.14. The van der Waals surface area contributed by atoms with Crippen LogP contribution in [-0.2, 0) is 0 Å². The van der Waals surface area contributed by atoms with Gasteiger partial charge in [-0.2, -0.15) is 0 Å². The van der Waals surface area contributed by atoms with E-state index in [4.69, 9.17) is 0 Å². The third-order valence-electron chi connectivity index (χ3n) is 4.45. The average molecular weight is 329 g/mol. The monoisotopic (exact) mass is 329 g/mol. The Morgan fingerprint density at radius 2 is 2.26 bits per heavy atom. The van der Waals surface area contributed by atoms with Crippen LogP contribution < -0.4 is 4.90 Å². The lowest BCUT2D eigenvalue weighted by Gasteiger charge is -2.34. The number of hydrogen-bond acceptors (Lipinski definition) is 6. The Bertz CT molecular complexity index is 821. The molecule has 0 amide bonds. The van der Waals surface area contributed by atoms with Crippen molar-refractivity contribution in [1.82, 2.24) is 19.3 Å². The summed E-state index contributed by atoms with van der Waals surface area (Å²) in [5.41, 5.74) is 1.06. The number of rotatable bonds is 3. The van der Waals surface area contributed by atoms with Crippen LogP contribution in [0.3, 0.4) is 0 Å². The van der Waals surface area contributed by atoms with Gasteiger partial charge >= 0.3 is 0 Å². The number of hydrogen-bond donors (Lipinski definition) is 2. The molecule has 4 heterocycles. The van der Waals surface area contributed by atoms with E-state index in [-0.39, 0.29) is 6.04 Å². The molecule has 4 rings (SSSR count). The lowest BCUT2D eigenvalue weighted by molar-refractivity contribution is 0.0533. The van der Waals surface area contributed by atoms with E-state index in [1.165, 1.54) is 11.5 Å². The number of anilines is 1. The molecule has 1 unspecified atom stereocenters. The molecule has 6 nitrogen and oxygen atoms in total. The van der Waals surface area contributed by atoms with Gasteiger partial charge in [-0.1, -0.05) is 0 Å². The fourth-order valence-electron chi connectivity index (χ4n) is 3.40. The summed E-state index contributed by atoms with van der Waals surface area (Å²) in [4.78, 5) is 15.5. The number of fused-ring (bicyclic) bond motifs is 1. The fraction of sp³-hybridized carbons (Fsp3) is 0.438. The van der Waals surface area contributed by atoms with Gasteiger partial charge < -0.3 is 15.0 Å². The van der Waals surface area contributed by atoms with Crippen molar-refractivity contribution in [2.24, 2.45) is 0 Å². The summed E-state index contributed by atoms with van der Waals surface area (Å²) in [5.74, 6) is 0.895. The SMILES string of the molecule is CC(C)(O)C1CCCN1c1ncnc2[nH]c(-c3ccns3)cc12. The first-order valence-corrected chi connectivity index (χ1v) is 8.55. The first-order valence-electron chi connectivity index (χ1n) is 7.78. The molecule has 23 heavy (non-hydrogen) atoms. The summed E-state index contributed by atoms with van der Waals surface area (Å²) >= 11 is 1.45. The molecular formula is C16H19N5OS. The summed E-state index contributed by atoms with van der Waals surface area (Å²) in [6.45, 7) is 4.64. The molecule has 0 spiro atoms. The zero-order valence-electron chi connectivity index (χ0n) is 13.2. The lowest BCUT2D eigenvalue weighted by atomic mass is 9.96. The van der Waals surface area contributed by atoms with E-state index >= 15 is 0 Å². The van der Waals surface area contributed by atoms with Gasteiger partial charge in [-0.15, -0.1) is 0 Å². The highest BCUT2D eigenvalue weighted by atomic mass is 32.1. The molecule has 120 valence electrons. The van der Waals surface area contributed by atoms with Crippen molar-refractivity contribution in [3.05, 3.63) is 24.7 Å². The molecule has 1 fully saturated rings. The molecule has 3 aromatic heterocycles. The second-order valence-electron chi connectivity index (χ2n) is 6.52. The molecule has 1 saturated heterocycles. The Morgan fingerprint density at radius 3 is 3.00 bits per heavy atom. The van der Waals surface area contributed by atoms with E-state index in [9.17, 15) is 5.11 Å². The number of aliphatic hydroxyl groups is 1. The average Bonchev–Trinajstić information content (AvgIpc) is 3.24. The molecular weight excluding hydrogens is 310 g/mol. The van der Waals surface area contributed by atoms with Gasteiger partial charge in [0.05, 0.1) is 27.6 Å². The predicted octanol–water partition coefficient (Wildman–Crippen LogP) is 2.82. The van der Waals surface area contributed by atoms with Gasteiger partial charge in [0.15, 0.2) is 0 Å². The normalized spacial score (nSPS) is 18.9. The van der Waals surface area contributed by atoms with Gasteiger partial charge in [0, 0.05) is 12.7 Å². The number of aromatic amines is 1. The molecule has 0 bridgehead atoms. The van der Waals surface area contributed by atoms with Gasteiger partial charge in [-0.25, -0.2) is 14.3 Å². The number of nitrogens with one attached hydrogen (secondary N) is 1. The van der Waals surface area contributed by atoms with Crippen molar-refractivity contribution >= 4 is 28.4 Å². The number of nitrogens with zero attached hydrogens (tertiary/aromatic N) is 4. The lowest BCUT2D eigenvalue weighted by Crippen LogP contribution is -2.46. The molecule has 0 radical (unpaired) electrons. The van der Waals surface area contributed by atoms with Gasteiger partial charge in [0.25, 0.3) is 0 Å². The fourth-order valence-corrected chi connectivity index (χ4v) is 3.96. The van der Waals surface area contributed by atoms with E-state index in [1.54, 1.807) is 12.5 Å². The summed E-state index contributed by atoms with van der Waals surface area (Å²) < 4.78 is 4.16. The molecule has 7 heteroatoms. The van der Waals surface area contributed by atoms with E-state index < -0.39 is 5.60 Å². The second-order valence-corrected chi connectivity index (χ2v) is 7.36. The van der Waals surface area contributed by atoms with E-state index in [2.05, 4.69) is 30.3 Å². The van der Waals surface area contributed by atoms with Crippen LogP contribution in [0.1, 0.15) is 26.7 Å². The molecule has 1 atom stereocenters. The minimum absolute atomic E-state index is 0.0716. The van der Waals surface area contributed by atoms with Crippen LogP contribution in [-0.4, -0.2) is 42.6 Å². The summed E-state index contributed by atoms with van der Waals surface area (Å²) in [5, 5.41) is 11.5. The highest BCUT2D eigenvalue weighted by molar-refractivity contribution is 7.09. The van der Waals surface area contributed by atoms with Crippen molar-refractivity contribution < 1.29 is 5.11 Å². The summed E-state index contributed by atoms with van der Waals surface area (Å²) in [6.07, 6.45) is 5.42. The maximum Gasteiger partial charge on any atom is 0.143 e. The molecule has 1 aliphatic rings. The van der Waals surface area contributed by atoms with Crippen LogP contribution >= 0.6 is 11.5 Å². The Hall–Kier alpha value is -1.99. The number of aromatic nitrogens is 4. The van der Waals surface area contributed by atoms with Crippen LogP contribution in [0.15, 0.2) is 24.7 Å². The first kappa shape index (κ1) is 14.6. The van der Waals surface area contributed by atoms with E-state index in [0.717, 1.165) is 46.8 Å². The van der Waals surface area contributed by atoms with Crippen LogP contribution in [0.2, 0.25) is 0 Å². The van der Waals surface area contributed by atoms with Crippen LogP contribution in [0, 0.1) is 0 Å². The molecule has 3 aromatic rings. The van der Waals surface area contributed by atoms with Gasteiger partial charge in [0.1, 0.15) is 17.8 Å². The Balaban J connectivity index is 1.81. The minimum Gasteiger partial charge on any atom is -0.388 e. The Morgan fingerprint density at radius 1 is 1.39 bits per heavy atom. The third-order valence-corrected chi connectivity index (χ3v) is 5.23.